The zero-order chi connectivity index (χ0) is 28.5. The van der Waals surface area contributed by atoms with E-state index in [9.17, 15) is 14.4 Å². The summed E-state index contributed by atoms with van der Waals surface area (Å²) in [5.74, 6) is -0.314. The standard InChI is InChI=1S/C29H40N2O9/c1-3-15-39-29(35)31-22-19-24(37-16-9-4-5-12-25(32)33)23(36-2)18-20(22)27(34)30-14-8-6-11-21(30)28(31)40-26-13-7-10-17-38-26/h3,18-19,21,26,28H,1,4-17H2,2H3,(H,32,33)/t21-,26?,28-/m0/s1. The molecule has 0 bridgehead atoms. The van der Waals surface area contributed by atoms with Crippen LogP contribution in [-0.4, -0.2) is 80.0 Å². The van der Waals surface area contributed by atoms with Crippen molar-refractivity contribution in [3.8, 4) is 11.5 Å². The number of fused-ring (bicyclic) bond motifs is 2. The number of carboxylic acids is 1. The van der Waals surface area contributed by atoms with Crippen LogP contribution < -0.4 is 14.4 Å². The average molecular weight is 561 g/mol. The first-order valence-electron chi connectivity index (χ1n) is 14.2. The third-order valence-corrected chi connectivity index (χ3v) is 7.41. The lowest BCUT2D eigenvalue weighted by Gasteiger charge is -2.42. The molecule has 1 unspecified atom stereocenters. The number of anilines is 1. The van der Waals surface area contributed by atoms with Crippen LogP contribution in [0.3, 0.4) is 0 Å². The van der Waals surface area contributed by atoms with Crippen molar-refractivity contribution in [3.05, 3.63) is 30.4 Å². The molecule has 2 saturated heterocycles. The van der Waals surface area contributed by atoms with Crippen LogP contribution in [0, 0.1) is 0 Å². The summed E-state index contributed by atoms with van der Waals surface area (Å²) in [6.45, 7) is 5.08. The second kappa shape index (κ2) is 14.4. The summed E-state index contributed by atoms with van der Waals surface area (Å²) in [6, 6.07) is 2.85. The fourth-order valence-corrected chi connectivity index (χ4v) is 5.43. The number of carbonyl (C=O) groups excluding carboxylic acids is 2. The molecule has 40 heavy (non-hydrogen) atoms. The Balaban J connectivity index is 1.71. The highest BCUT2D eigenvalue weighted by atomic mass is 16.7. The number of benzene rings is 1. The molecule has 4 rings (SSSR count). The van der Waals surface area contributed by atoms with E-state index in [4.69, 9.17) is 28.8 Å². The van der Waals surface area contributed by atoms with Crippen LogP contribution in [0.5, 0.6) is 11.5 Å². The van der Waals surface area contributed by atoms with Gasteiger partial charge in [0, 0.05) is 25.6 Å². The van der Waals surface area contributed by atoms with E-state index in [0.29, 0.717) is 74.6 Å². The van der Waals surface area contributed by atoms with Crippen molar-refractivity contribution in [2.75, 3.05) is 38.4 Å². The van der Waals surface area contributed by atoms with Gasteiger partial charge in [0.25, 0.3) is 5.91 Å². The summed E-state index contributed by atoms with van der Waals surface area (Å²) in [6.07, 6.45) is 6.48. The molecule has 1 aromatic carbocycles. The van der Waals surface area contributed by atoms with E-state index in [-0.39, 0.29) is 25.0 Å². The first kappa shape index (κ1) is 29.7. The highest BCUT2D eigenvalue weighted by Gasteiger charge is 2.46. The second-order valence-electron chi connectivity index (χ2n) is 10.2. The predicted octanol–water partition coefficient (Wildman–Crippen LogP) is 4.73. The second-order valence-corrected chi connectivity index (χ2v) is 10.2. The molecule has 1 aromatic rings. The summed E-state index contributed by atoms with van der Waals surface area (Å²) in [5, 5.41) is 8.85. The normalized spacial score (nSPS) is 22.5. The Hall–Kier alpha value is -3.31. The maximum absolute atomic E-state index is 14.0. The van der Waals surface area contributed by atoms with E-state index in [2.05, 4.69) is 6.58 Å². The Bertz CT molecular complexity index is 1060. The van der Waals surface area contributed by atoms with Crippen molar-refractivity contribution >= 4 is 23.7 Å². The number of unbranched alkanes of at least 4 members (excludes halogenated alkanes) is 2. The summed E-state index contributed by atoms with van der Waals surface area (Å²) >= 11 is 0. The molecular formula is C29H40N2O9. The number of hydrogen-bond acceptors (Lipinski definition) is 8. The molecular weight excluding hydrogens is 520 g/mol. The number of methoxy groups -OCH3 is 1. The monoisotopic (exact) mass is 560 g/mol. The van der Waals surface area contributed by atoms with Crippen LogP contribution in [0.4, 0.5) is 10.5 Å². The molecule has 3 atom stereocenters. The number of nitrogens with zero attached hydrogens (tertiary/aromatic N) is 2. The van der Waals surface area contributed by atoms with Gasteiger partial charge in [0.15, 0.2) is 24.0 Å². The maximum Gasteiger partial charge on any atom is 0.416 e. The van der Waals surface area contributed by atoms with Gasteiger partial charge < -0.3 is 33.7 Å². The third kappa shape index (κ3) is 7.06. The molecule has 1 N–H and O–H groups in total. The molecule has 0 aromatic heterocycles. The minimum absolute atomic E-state index is 0.00447. The summed E-state index contributed by atoms with van der Waals surface area (Å²) in [5.41, 5.74) is 0.611. The lowest BCUT2D eigenvalue weighted by Crippen LogP contribution is -2.57. The number of amides is 2. The van der Waals surface area contributed by atoms with Gasteiger partial charge in [-0.3, -0.25) is 9.59 Å². The van der Waals surface area contributed by atoms with Crippen LogP contribution >= 0.6 is 0 Å². The van der Waals surface area contributed by atoms with E-state index >= 15 is 0 Å². The molecule has 3 aliphatic rings. The van der Waals surface area contributed by atoms with Crippen LogP contribution in [-0.2, 0) is 19.0 Å². The van der Waals surface area contributed by atoms with Gasteiger partial charge in [-0.05, 0) is 63.9 Å². The molecule has 0 spiro atoms. The number of ether oxygens (including phenoxy) is 5. The lowest BCUT2D eigenvalue weighted by molar-refractivity contribution is -0.198. The van der Waals surface area contributed by atoms with Gasteiger partial charge in [0.2, 0.25) is 0 Å². The predicted molar refractivity (Wildman–Crippen MR) is 146 cm³/mol. The van der Waals surface area contributed by atoms with Crippen LogP contribution in [0.25, 0.3) is 0 Å². The quantitative estimate of drug-likeness (QED) is 0.285. The highest BCUT2D eigenvalue weighted by Crippen LogP contribution is 2.42. The molecule has 220 valence electrons. The zero-order valence-electron chi connectivity index (χ0n) is 23.2. The summed E-state index contributed by atoms with van der Waals surface area (Å²) < 4.78 is 29.5. The number of rotatable bonds is 12. The van der Waals surface area contributed by atoms with E-state index in [1.807, 2.05) is 0 Å². The van der Waals surface area contributed by atoms with Gasteiger partial charge >= 0.3 is 12.1 Å². The van der Waals surface area contributed by atoms with E-state index in [0.717, 1.165) is 25.7 Å². The van der Waals surface area contributed by atoms with Gasteiger partial charge in [-0.1, -0.05) is 12.7 Å². The molecule has 11 heteroatoms. The van der Waals surface area contributed by atoms with Crippen molar-refractivity contribution in [2.24, 2.45) is 0 Å². The van der Waals surface area contributed by atoms with E-state index in [1.165, 1.54) is 18.1 Å². The van der Waals surface area contributed by atoms with Crippen molar-refractivity contribution in [3.63, 3.8) is 0 Å². The van der Waals surface area contributed by atoms with Crippen LogP contribution in [0.15, 0.2) is 24.8 Å². The Morgan fingerprint density at radius 2 is 1.95 bits per heavy atom. The smallest absolute Gasteiger partial charge is 0.416 e. The molecule has 3 heterocycles. The molecule has 0 aliphatic carbocycles. The minimum Gasteiger partial charge on any atom is -0.493 e. The number of aliphatic carboxylic acids is 1. The number of hydrogen-bond donors (Lipinski definition) is 1. The Morgan fingerprint density at radius 3 is 2.67 bits per heavy atom. The maximum atomic E-state index is 14.0. The SMILES string of the molecule is C=CCOC(=O)N1c2cc(OCCCCCC(=O)O)c(OC)cc2C(=O)N2CCCC[C@H]2[C@@H]1OC1CCCCO1. The van der Waals surface area contributed by atoms with Gasteiger partial charge in [-0.15, -0.1) is 0 Å². The summed E-state index contributed by atoms with van der Waals surface area (Å²) in [4.78, 5) is 41.6. The number of carboxylic acid groups (broad SMARTS) is 1. The van der Waals surface area contributed by atoms with Gasteiger partial charge in [-0.25, -0.2) is 9.69 Å². The Kier molecular flexibility index (Phi) is 10.7. The van der Waals surface area contributed by atoms with Gasteiger partial charge in [0.1, 0.15) is 6.61 Å². The van der Waals surface area contributed by atoms with Crippen LogP contribution in [0.2, 0.25) is 0 Å². The lowest BCUT2D eigenvalue weighted by atomic mass is 10.00. The minimum atomic E-state index is -0.830. The first-order chi connectivity index (χ1) is 19.4. The molecule has 0 saturated carbocycles. The largest absolute Gasteiger partial charge is 0.493 e. The Labute approximate surface area is 234 Å². The Morgan fingerprint density at radius 1 is 1.12 bits per heavy atom. The fourth-order valence-electron chi connectivity index (χ4n) is 5.43. The summed E-state index contributed by atoms with van der Waals surface area (Å²) in [7, 11) is 1.49. The molecule has 3 aliphatic heterocycles. The average Bonchev–Trinajstić information content (AvgIpc) is 3.06. The van der Waals surface area contributed by atoms with Crippen molar-refractivity contribution in [1.82, 2.24) is 4.90 Å². The third-order valence-electron chi connectivity index (χ3n) is 7.41. The van der Waals surface area contributed by atoms with E-state index in [1.54, 1.807) is 17.0 Å². The molecule has 11 nitrogen and oxygen atoms in total. The van der Waals surface area contributed by atoms with Crippen LogP contribution in [0.1, 0.15) is 74.6 Å². The number of piperidine rings is 1. The highest BCUT2D eigenvalue weighted by molar-refractivity contribution is 6.06. The van der Waals surface area contributed by atoms with Gasteiger partial charge in [0.05, 0.1) is 31.0 Å². The fraction of sp³-hybridized carbons (Fsp3) is 0.621. The van der Waals surface area contributed by atoms with Crippen molar-refractivity contribution < 1.29 is 43.2 Å². The topological polar surface area (TPSA) is 124 Å². The van der Waals surface area contributed by atoms with E-state index < -0.39 is 24.6 Å². The van der Waals surface area contributed by atoms with Crippen molar-refractivity contribution in [1.29, 1.82) is 0 Å². The van der Waals surface area contributed by atoms with Crippen molar-refractivity contribution in [2.45, 2.75) is 82.8 Å². The molecule has 2 amide bonds. The first-order valence-corrected chi connectivity index (χ1v) is 14.2. The van der Waals surface area contributed by atoms with Gasteiger partial charge in [-0.2, -0.15) is 0 Å². The molecule has 2 fully saturated rings. The number of carbonyl (C=O) groups is 3. The molecule has 0 radical (unpaired) electrons. The zero-order valence-corrected chi connectivity index (χ0v) is 23.2.